The highest BCUT2D eigenvalue weighted by molar-refractivity contribution is 5.20. The molecule has 1 saturated heterocycles. The number of ether oxygens (including phenoxy) is 1. The van der Waals surface area contributed by atoms with Crippen molar-refractivity contribution < 1.29 is 17.9 Å². The van der Waals surface area contributed by atoms with E-state index in [0.717, 1.165) is 5.56 Å². The van der Waals surface area contributed by atoms with Gasteiger partial charge < -0.3 is 4.74 Å². The Morgan fingerprint density at radius 1 is 1.18 bits per heavy atom. The number of benzene rings is 1. The molecule has 1 aromatic rings. The summed E-state index contributed by atoms with van der Waals surface area (Å²) in [6, 6.07) is 8.69. The largest absolute Gasteiger partial charge is 0.428 e. The fourth-order valence-electron chi connectivity index (χ4n) is 2.08. The maximum atomic E-state index is 12.7. The van der Waals surface area contributed by atoms with Crippen LogP contribution >= 0.6 is 0 Å². The van der Waals surface area contributed by atoms with E-state index in [-0.39, 0.29) is 6.04 Å². The van der Waals surface area contributed by atoms with Crippen LogP contribution < -0.4 is 0 Å². The monoisotopic (exact) mass is 245 g/mol. The lowest BCUT2D eigenvalue weighted by molar-refractivity contribution is -0.243. The van der Waals surface area contributed by atoms with Crippen molar-refractivity contribution in [3.05, 3.63) is 35.9 Å². The zero-order valence-corrected chi connectivity index (χ0v) is 9.61. The minimum Gasteiger partial charge on any atom is -0.344 e. The first-order chi connectivity index (χ1) is 7.91. The van der Waals surface area contributed by atoms with Gasteiger partial charge in [-0.2, -0.15) is 13.2 Å². The Hall–Kier alpha value is -1.07. The van der Waals surface area contributed by atoms with Gasteiger partial charge in [-0.3, -0.25) is 4.90 Å². The lowest BCUT2D eigenvalue weighted by atomic mass is 10.0. The second-order valence-electron chi connectivity index (χ2n) is 4.27. The Balaban J connectivity index is 2.23. The summed E-state index contributed by atoms with van der Waals surface area (Å²) in [5, 5.41) is 0. The van der Waals surface area contributed by atoms with Gasteiger partial charge >= 0.3 is 6.18 Å². The van der Waals surface area contributed by atoms with E-state index < -0.39 is 18.5 Å². The van der Waals surface area contributed by atoms with E-state index in [2.05, 4.69) is 0 Å². The van der Waals surface area contributed by atoms with Gasteiger partial charge in [0, 0.05) is 6.04 Å². The molecular formula is C12H14F3NO. The Bertz CT molecular complexity index is 379. The highest BCUT2D eigenvalue weighted by Crippen LogP contribution is 2.40. The fourth-order valence-corrected chi connectivity index (χ4v) is 2.08. The lowest BCUT2D eigenvalue weighted by Gasteiger charge is -2.22. The van der Waals surface area contributed by atoms with Gasteiger partial charge in [-0.1, -0.05) is 30.3 Å². The van der Waals surface area contributed by atoms with Crippen molar-refractivity contribution in [2.45, 2.75) is 31.5 Å². The maximum absolute atomic E-state index is 12.7. The highest BCUT2D eigenvalue weighted by atomic mass is 19.4. The molecule has 0 aromatic heterocycles. The van der Waals surface area contributed by atoms with Crippen LogP contribution in [-0.4, -0.2) is 30.4 Å². The number of hydrogen-bond acceptors (Lipinski definition) is 2. The van der Waals surface area contributed by atoms with Crippen molar-refractivity contribution in [2.75, 3.05) is 7.05 Å². The number of nitrogens with zero attached hydrogens (tertiary/aromatic N) is 1. The zero-order chi connectivity index (χ0) is 12.6. The lowest BCUT2D eigenvalue weighted by Crippen LogP contribution is -2.42. The molecule has 1 aliphatic rings. The molecule has 1 fully saturated rings. The minimum atomic E-state index is -4.35. The van der Waals surface area contributed by atoms with Crippen LogP contribution in [0.2, 0.25) is 0 Å². The molecule has 2 rings (SSSR count). The van der Waals surface area contributed by atoms with Gasteiger partial charge in [0.2, 0.25) is 6.23 Å². The van der Waals surface area contributed by atoms with Crippen molar-refractivity contribution >= 4 is 0 Å². The van der Waals surface area contributed by atoms with Crippen LogP contribution in [0.25, 0.3) is 0 Å². The van der Waals surface area contributed by atoms with Gasteiger partial charge in [0.1, 0.15) is 6.10 Å². The summed E-state index contributed by atoms with van der Waals surface area (Å²) in [5.41, 5.74) is 0.776. The van der Waals surface area contributed by atoms with Gasteiger partial charge in [-0.05, 0) is 19.5 Å². The summed E-state index contributed by atoms with van der Waals surface area (Å²) < 4.78 is 43.3. The molecule has 1 aliphatic heterocycles. The first-order valence-corrected chi connectivity index (χ1v) is 5.40. The second kappa shape index (κ2) is 4.31. The Labute approximate surface area is 98.0 Å². The Morgan fingerprint density at radius 2 is 1.76 bits per heavy atom. The highest BCUT2D eigenvalue weighted by Gasteiger charge is 2.52. The van der Waals surface area contributed by atoms with E-state index in [0.29, 0.717) is 0 Å². The summed E-state index contributed by atoms with van der Waals surface area (Å²) in [6.07, 6.45) is -6.71. The number of halogens is 3. The van der Waals surface area contributed by atoms with E-state index in [1.54, 1.807) is 31.2 Å². The molecule has 17 heavy (non-hydrogen) atoms. The van der Waals surface area contributed by atoms with Gasteiger partial charge in [-0.15, -0.1) is 0 Å². The van der Waals surface area contributed by atoms with Gasteiger partial charge in [0.15, 0.2) is 0 Å². The van der Waals surface area contributed by atoms with Crippen LogP contribution in [-0.2, 0) is 4.74 Å². The first kappa shape index (κ1) is 12.4. The van der Waals surface area contributed by atoms with Crippen molar-refractivity contribution in [1.82, 2.24) is 4.90 Å². The third kappa shape index (κ3) is 2.30. The zero-order valence-electron chi connectivity index (χ0n) is 9.61. The van der Waals surface area contributed by atoms with Crippen LogP contribution in [0.4, 0.5) is 13.2 Å². The number of hydrogen-bond donors (Lipinski definition) is 0. The third-order valence-electron chi connectivity index (χ3n) is 3.13. The van der Waals surface area contributed by atoms with E-state index >= 15 is 0 Å². The molecule has 0 bridgehead atoms. The van der Waals surface area contributed by atoms with Crippen molar-refractivity contribution in [3.63, 3.8) is 0 Å². The maximum Gasteiger partial charge on any atom is 0.428 e. The fraction of sp³-hybridized carbons (Fsp3) is 0.500. The average molecular weight is 245 g/mol. The topological polar surface area (TPSA) is 12.5 Å². The summed E-state index contributed by atoms with van der Waals surface area (Å²) in [6.45, 7) is 1.74. The van der Waals surface area contributed by atoms with E-state index in [1.165, 1.54) is 11.9 Å². The van der Waals surface area contributed by atoms with Gasteiger partial charge in [0.25, 0.3) is 0 Å². The Morgan fingerprint density at radius 3 is 2.24 bits per heavy atom. The Kier molecular flexibility index (Phi) is 3.14. The van der Waals surface area contributed by atoms with Crippen molar-refractivity contribution in [3.8, 4) is 0 Å². The molecule has 1 aromatic carbocycles. The third-order valence-corrected chi connectivity index (χ3v) is 3.13. The normalized spacial score (nSPS) is 30.8. The SMILES string of the molecule is C[C@H]1[C@@H](c2ccccc2)OC(C(F)(F)F)N1C. The molecule has 0 amide bonds. The predicted molar refractivity (Wildman–Crippen MR) is 57.3 cm³/mol. The molecule has 0 N–H and O–H groups in total. The summed E-state index contributed by atoms with van der Waals surface area (Å²) in [5.74, 6) is 0. The van der Waals surface area contributed by atoms with E-state index in [1.807, 2.05) is 6.07 Å². The van der Waals surface area contributed by atoms with Gasteiger partial charge in [-0.25, -0.2) is 0 Å². The molecule has 3 atom stereocenters. The van der Waals surface area contributed by atoms with Crippen LogP contribution in [0.1, 0.15) is 18.6 Å². The first-order valence-electron chi connectivity index (χ1n) is 5.40. The van der Waals surface area contributed by atoms with E-state index in [4.69, 9.17) is 4.74 Å². The predicted octanol–water partition coefficient (Wildman–Crippen LogP) is 2.97. The van der Waals surface area contributed by atoms with Crippen molar-refractivity contribution in [1.29, 1.82) is 0 Å². The van der Waals surface area contributed by atoms with Crippen LogP contribution in [0.3, 0.4) is 0 Å². The van der Waals surface area contributed by atoms with Crippen LogP contribution in [0.15, 0.2) is 30.3 Å². The summed E-state index contributed by atoms with van der Waals surface area (Å²) in [4.78, 5) is 1.22. The van der Waals surface area contributed by atoms with Crippen molar-refractivity contribution in [2.24, 2.45) is 0 Å². The quantitative estimate of drug-likeness (QED) is 0.754. The molecule has 0 saturated carbocycles. The summed E-state index contributed by atoms with van der Waals surface area (Å²) in [7, 11) is 1.44. The number of alkyl halides is 3. The standard InChI is InChI=1S/C12H14F3NO/c1-8-10(9-6-4-3-5-7-9)17-11(16(8)2)12(13,14)15/h3-8,10-11H,1-2H3/t8-,10-,11?/m0/s1. The summed E-state index contributed by atoms with van der Waals surface area (Å²) >= 11 is 0. The molecule has 0 spiro atoms. The van der Waals surface area contributed by atoms with Gasteiger partial charge in [0.05, 0.1) is 0 Å². The molecule has 0 radical (unpaired) electrons. The molecule has 2 nitrogen and oxygen atoms in total. The molecule has 1 unspecified atom stereocenters. The molecule has 0 aliphatic carbocycles. The molecule has 1 heterocycles. The second-order valence-corrected chi connectivity index (χ2v) is 4.27. The van der Waals surface area contributed by atoms with Crippen LogP contribution in [0, 0.1) is 0 Å². The molecule has 5 heteroatoms. The molecular weight excluding hydrogens is 231 g/mol. The number of rotatable bonds is 1. The smallest absolute Gasteiger partial charge is 0.344 e. The van der Waals surface area contributed by atoms with E-state index in [9.17, 15) is 13.2 Å². The molecule has 94 valence electrons. The minimum absolute atomic E-state index is 0.302. The van der Waals surface area contributed by atoms with Crippen LogP contribution in [0.5, 0.6) is 0 Å². The average Bonchev–Trinajstić information content (AvgIpc) is 2.57. The number of likely N-dealkylation sites (N-methyl/N-ethyl adjacent to an activating group) is 1.